The fraction of sp³-hybridized carbons (Fsp3) is 0.231. The van der Waals surface area contributed by atoms with Gasteiger partial charge in [0.25, 0.3) is 5.91 Å². The van der Waals surface area contributed by atoms with Crippen molar-refractivity contribution in [3.05, 3.63) is 41.7 Å². The second-order valence-electron chi connectivity index (χ2n) is 4.64. The first-order valence-electron chi connectivity index (χ1n) is 6.31. The molecule has 22 heavy (non-hydrogen) atoms. The van der Waals surface area contributed by atoms with Crippen LogP contribution in [0.15, 0.2) is 24.5 Å². The van der Waals surface area contributed by atoms with Crippen LogP contribution in [0.4, 0.5) is 14.7 Å². The van der Waals surface area contributed by atoms with Crippen LogP contribution in [0.3, 0.4) is 0 Å². The number of hydrogen-bond acceptors (Lipinski definition) is 5. The summed E-state index contributed by atoms with van der Waals surface area (Å²) in [7, 11) is 0. The fourth-order valence-corrected chi connectivity index (χ4v) is 1.88. The minimum Gasteiger partial charge on any atom is -0.368 e. The Labute approximate surface area is 124 Å². The summed E-state index contributed by atoms with van der Waals surface area (Å²) in [5.41, 5.74) is 5.60. The third kappa shape index (κ3) is 3.62. The number of carbonyl (C=O) groups is 2. The van der Waals surface area contributed by atoms with Gasteiger partial charge in [0.05, 0.1) is 6.42 Å². The highest BCUT2D eigenvalue weighted by Gasteiger charge is 2.19. The predicted octanol–water partition coefficient (Wildman–Crippen LogP) is 0.526. The molecule has 1 aromatic carbocycles. The van der Waals surface area contributed by atoms with Crippen LogP contribution >= 0.6 is 0 Å². The first-order chi connectivity index (χ1) is 10.4. The van der Waals surface area contributed by atoms with Crippen molar-refractivity contribution in [3.63, 3.8) is 0 Å². The molecule has 2 rings (SSSR count). The maximum atomic E-state index is 13.0. The number of nitrogens with zero attached hydrogens (tertiary/aromatic N) is 3. The van der Waals surface area contributed by atoms with Crippen LogP contribution in [-0.4, -0.2) is 32.6 Å². The van der Waals surface area contributed by atoms with Crippen molar-refractivity contribution in [1.29, 1.82) is 0 Å². The molecule has 1 aromatic heterocycles. The Balaban J connectivity index is 1.99. The van der Waals surface area contributed by atoms with Gasteiger partial charge in [0.15, 0.2) is 0 Å². The van der Waals surface area contributed by atoms with Crippen LogP contribution in [0, 0.1) is 11.6 Å². The van der Waals surface area contributed by atoms with E-state index in [9.17, 15) is 18.4 Å². The minimum absolute atomic E-state index is 0.0988. The second-order valence-corrected chi connectivity index (χ2v) is 4.64. The van der Waals surface area contributed by atoms with Crippen LogP contribution in [-0.2, 0) is 11.2 Å². The predicted molar refractivity (Wildman–Crippen MR) is 72.7 cm³/mol. The van der Waals surface area contributed by atoms with Gasteiger partial charge in [-0.05, 0) is 24.6 Å². The Hall–Kier alpha value is -2.84. The zero-order valence-corrected chi connectivity index (χ0v) is 11.6. The van der Waals surface area contributed by atoms with Crippen molar-refractivity contribution in [2.75, 3.05) is 5.73 Å². The quantitative estimate of drug-likeness (QED) is 0.857. The summed E-state index contributed by atoms with van der Waals surface area (Å²) in [5.74, 6) is -2.73. The molecular formula is C13H13F2N5O2. The number of nitrogens with one attached hydrogen (secondary N) is 1. The minimum atomic E-state index is -0.899. The van der Waals surface area contributed by atoms with Gasteiger partial charge >= 0.3 is 0 Å². The Morgan fingerprint density at radius 2 is 1.95 bits per heavy atom. The molecule has 1 amide bonds. The molecule has 7 nitrogen and oxygen atoms in total. The lowest BCUT2D eigenvalue weighted by atomic mass is 10.1. The van der Waals surface area contributed by atoms with Crippen LogP contribution in [0.2, 0.25) is 0 Å². The van der Waals surface area contributed by atoms with Gasteiger partial charge < -0.3 is 11.1 Å². The zero-order valence-electron chi connectivity index (χ0n) is 11.6. The highest BCUT2D eigenvalue weighted by atomic mass is 19.1. The maximum Gasteiger partial charge on any atom is 0.257 e. The molecule has 116 valence electrons. The van der Waals surface area contributed by atoms with Gasteiger partial charge in [0, 0.05) is 6.07 Å². The highest BCUT2D eigenvalue weighted by Crippen LogP contribution is 2.09. The molecule has 9 heteroatoms. The number of benzene rings is 1. The summed E-state index contributed by atoms with van der Waals surface area (Å²) in [6.45, 7) is 1.45. The number of nitrogens with two attached hydrogens (primary N) is 1. The Morgan fingerprint density at radius 1 is 1.32 bits per heavy atom. The molecule has 0 aliphatic heterocycles. The standard InChI is InChI=1S/C13H13F2N5O2/c1-7(12(22)20-6-17-19-13(20)16)18-11(21)4-8-2-9(14)5-10(15)3-8/h2-3,5-7H,4H2,1H3,(H2,16,19)(H,18,21)/t7-/m1/s1. The SMILES string of the molecule is C[C@@H](NC(=O)Cc1cc(F)cc(F)c1)C(=O)n1cnnc1N. The lowest BCUT2D eigenvalue weighted by Gasteiger charge is -2.13. The molecule has 0 saturated carbocycles. The van der Waals surface area contributed by atoms with E-state index in [1.165, 1.54) is 6.92 Å². The van der Waals surface area contributed by atoms with E-state index in [2.05, 4.69) is 15.5 Å². The molecular weight excluding hydrogens is 296 g/mol. The van der Waals surface area contributed by atoms with Crippen molar-refractivity contribution in [1.82, 2.24) is 20.1 Å². The van der Waals surface area contributed by atoms with Crippen LogP contribution < -0.4 is 11.1 Å². The lowest BCUT2D eigenvalue weighted by molar-refractivity contribution is -0.120. The normalized spacial score (nSPS) is 12.0. The summed E-state index contributed by atoms with van der Waals surface area (Å²) < 4.78 is 27.1. The van der Waals surface area contributed by atoms with Gasteiger partial charge in [-0.15, -0.1) is 10.2 Å². The summed E-state index contributed by atoms with van der Waals surface area (Å²) in [6.07, 6.45) is 0.867. The van der Waals surface area contributed by atoms with Crippen LogP contribution in [0.25, 0.3) is 0 Å². The monoisotopic (exact) mass is 309 g/mol. The summed E-state index contributed by atoms with van der Waals surface area (Å²) in [5, 5.41) is 9.34. The van der Waals surface area contributed by atoms with E-state index in [4.69, 9.17) is 5.73 Å². The largest absolute Gasteiger partial charge is 0.368 e. The Kier molecular flexibility index (Phi) is 4.44. The highest BCUT2D eigenvalue weighted by molar-refractivity contribution is 5.90. The van der Waals surface area contributed by atoms with Crippen molar-refractivity contribution < 1.29 is 18.4 Å². The smallest absolute Gasteiger partial charge is 0.257 e. The Bertz CT molecular complexity index is 696. The third-order valence-corrected chi connectivity index (χ3v) is 2.85. The van der Waals surface area contributed by atoms with E-state index in [1.807, 2.05) is 0 Å². The van der Waals surface area contributed by atoms with E-state index < -0.39 is 29.5 Å². The second kappa shape index (κ2) is 6.29. The van der Waals surface area contributed by atoms with Gasteiger partial charge in [-0.1, -0.05) is 0 Å². The van der Waals surface area contributed by atoms with E-state index in [0.29, 0.717) is 6.07 Å². The molecule has 0 aliphatic carbocycles. The van der Waals surface area contributed by atoms with Gasteiger partial charge in [-0.25, -0.2) is 13.3 Å². The fourth-order valence-electron chi connectivity index (χ4n) is 1.88. The molecule has 0 aliphatic rings. The maximum absolute atomic E-state index is 13.0. The van der Waals surface area contributed by atoms with E-state index >= 15 is 0 Å². The molecule has 1 heterocycles. The molecule has 0 radical (unpaired) electrons. The number of aromatic nitrogens is 3. The van der Waals surface area contributed by atoms with Crippen molar-refractivity contribution in [2.24, 2.45) is 0 Å². The molecule has 0 saturated heterocycles. The first kappa shape index (κ1) is 15.5. The average molecular weight is 309 g/mol. The number of anilines is 1. The lowest BCUT2D eigenvalue weighted by Crippen LogP contribution is -2.41. The number of hydrogen-bond donors (Lipinski definition) is 2. The molecule has 0 bridgehead atoms. The number of halogens is 2. The molecule has 0 fully saturated rings. The van der Waals surface area contributed by atoms with Crippen LogP contribution in [0.1, 0.15) is 17.3 Å². The first-order valence-corrected chi connectivity index (χ1v) is 6.31. The van der Waals surface area contributed by atoms with Gasteiger partial charge in [0.1, 0.15) is 24.0 Å². The van der Waals surface area contributed by atoms with Gasteiger partial charge in [-0.2, -0.15) is 0 Å². The topological polar surface area (TPSA) is 103 Å². The van der Waals surface area contributed by atoms with Crippen molar-refractivity contribution >= 4 is 17.8 Å². The molecule has 3 N–H and O–H groups in total. The van der Waals surface area contributed by atoms with Gasteiger partial charge in [-0.3, -0.25) is 9.59 Å². The van der Waals surface area contributed by atoms with E-state index in [0.717, 1.165) is 23.0 Å². The summed E-state index contributed by atoms with van der Waals surface area (Å²) in [4.78, 5) is 23.8. The number of nitrogen functional groups attached to an aromatic ring is 1. The summed E-state index contributed by atoms with van der Waals surface area (Å²) >= 11 is 0. The number of carbonyl (C=O) groups excluding carboxylic acids is 2. The number of amides is 1. The molecule has 0 spiro atoms. The molecule has 0 unspecified atom stereocenters. The summed E-state index contributed by atoms with van der Waals surface area (Å²) in [6, 6.07) is 1.91. The Morgan fingerprint density at radius 3 is 2.50 bits per heavy atom. The van der Waals surface area contributed by atoms with Crippen molar-refractivity contribution in [3.8, 4) is 0 Å². The van der Waals surface area contributed by atoms with E-state index in [1.54, 1.807) is 0 Å². The third-order valence-electron chi connectivity index (χ3n) is 2.85. The van der Waals surface area contributed by atoms with Crippen molar-refractivity contribution in [2.45, 2.75) is 19.4 Å². The molecule has 2 aromatic rings. The molecule has 1 atom stereocenters. The van der Waals surface area contributed by atoms with Crippen LogP contribution in [0.5, 0.6) is 0 Å². The van der Waals surface area contributed by atoms with Gasteiger partial charge in [0.2, 0.25) is 11.9 Å². The number of rotatable bonds is 4. The average Bonchev–Trinajstić information content (AvgIpc) is 2.82. The zero-order chi connectivity index (χ0) is 16.3. The van der Waals surface area contributed by atoms with E-state index in [-0.39, 0.29) is 17.9 Å².